The Kier molecular flexibility index (Phi) is 4.13. The van der Waals surface area contributed by atoms with Crippen LogP contribution in [-0.4, -0.2) is 14.8 Å². The summed E-state index contributed by atoms with van der Waals surface area (Å²) in [5, 5.41) is 8.94. The lowest BCUT2D eigenvalue weighted by Crippen LogP contribution is -2.14. The van der Waals surface area contributed by atoms with Crippen molar-refractivity contribution in [2.24, 2.45) is 0 Å². The van der Waals surface area contributed by atoms with Gasteiger partial charge in [-0.3, -0.25) is 0 Å². The Labute approximate surface area is 128 Å². The average Bonchev–Trinajstić information content (AvgIpc) is 3.10. The van der Waals surface area contributed by atoms with Crippen LogP contribution >= 0.6 is 11.3 Å². The van der Waals surface area contributed by atoms with Gasteiger partial charge >= 0.3 is 0 Å². The van der Waals surface area contributed by atoms with Crippen molar-refractivity contribution in [2.75, 3.05) is 0 Å². The second kappa shape index (κ2) is 6.20. The minimum Gasteiger partial charge on any atom is -0.308 e. The number of para-hydroxylation sites is 1. The first-order valence-electron chi connectivity index (χ1n) is 6.95. The number of hydrogen-bond acceptors (Lipinski definition) is 4. The monoisotopic (exact) mass is 298 g/mol. The molecule has 1 N–H and O–H groups in total. The molecule has 0 saturated heterocycles. The molecular formula is C16H18N4S. The molecule has 108 valence electrons. The first-order valence-corrected chi connectivity index (χ1v) is 7.77. The van der Waals surface area contributed by atoms with E-state index in [-0.39, 0.29) is 0 Å². The number of aryl methyl sites for hydroxylation is 2. The molecule has 3 rings (SSSR count). The largest absolute Gasteiger partial charge is 0.308 e. The minimum absolute atomic E-state index is 0.812. The zero-order valence-electron chi connectivity index (χ0n) is 12.2. The Balaban J connectivity index is 1.70. The molecule has 0 unspecified atom stereocenters. The van der Waals surface area contributed by atoms with E-state index in [9.17, 15) is 0 Å². The van der Waals surface area contributed by atoms with E-state index in [1.165, 1.54) is 10.4 Å². The Bertz CT molecular complexity index is 716. The third kappa shape index (κ3) is 3.20. The van der Waals surface area contributed by atoms with Gasteiger partial charge in [-0.1, -0.05) is 18.2 Å². The minimum atomic E-state index is 0.812. The molecule has 1 aromatic carbocycles. The van der Waals surface area contributed by atoms with E-state index in [1.807, 2.05) is 29.9 Å². The standard InChI is InChI=1S/C16H18N4S/c1-12-16(21-13(2)19-12)11-17-10-14-6-3-4-7-15(14)20-9-5-8-18-20/h3-9,17H,10-11H2,1-2H3. The second-order valence-corrected chi connectivity index (χ2v) is 6.21. The summed E-state index contributed by atoms with van der Waals surface area (Å²) in [6, 6.07) is 10.3. The van der Waals surface area contributed by atoms with E-state index in [1.54, 1.807) is 17.5 Å². The molecule has 0 amide bonds. The molecule has 21 heavy (non-hydrogen) atoms. The van der Waals surface area contributed by atoms with Crippen molar-refractivity contribution in [1.82, 2.24) is 20.1 Å². The van der Waals surface area contributed by atoms with Crippen molar-refractivity contribution < 1.29 is 0 Å². The number of hydrogen-bond donors (Lipinski definition) is 1. The lowest BCUT2D eigenvalue weighted by molar-refractivity contribution is 0.690. The van der Waals surface area contributed by atoms with Gasteiger partial charge in [0.05, 0.1) is 16.4 Å². The molecule has 2 heterocycles. The molecule has 0 atom stereocenters. The summed E-state index contributed by atoms with van der Waals surface area (Å²) < 4.78 is 1.90. The predicted octanol–water partition coefficient (Wildman–Crippen LogP) is 3.24. The topological polar surface area (TPSA) is 42.7 Å². The maximum absolute atomic E-state index is 4.46. The van der Waals surface area contributed by atoms with Crippen LogP contribution in [0.15, 0.2) is 42.7 Å². The number of aromatic nitrogens is 3. The predicted molar refractivity (Wildman–Crippen MR) is 85.7 cm³/mol. The van der Waals surface area contributed by atoms with E-state index in [4.69, 9.17) is 0 Å². The molecule has 0 aliphatic carbocycles. The average molecular weight is 298 g/mol. The Morgan fingerprint density at radius 3 is 2.71 bits per heavy atom. The van der Waals surface area contributed by atoms with E-state index in [2.05, 4.69) is 40.5 Å². The summed E-state index contributed by atoms with van der Waals surface area (Å²) in [6.07, 6.45) is 3.77. The number of benzene rings is 1. The Hall–Kier alpha value is -1.98. The number of nitrogens with zero attached hydrogens (tertiary/aromatic N) is 3. The van der Waals surface area contributed by atoms with Gasteiger partial charge in [0.1, 0.15) is 0 Å². The maximum Gasteiger partial charge on any atom is 0.0900 e. The number of rotatable bonds is 5. The van der Waals surface area contributed by atoms with Crippen LogP contribution in [0.5, 0.6) is 0 Å². The van der Waals surface area contributed by atoms with Crippen LogP contribution in [0.3, 0.4) is 0 Å². The molecule has 0 aliphatic rings. The van der Waals surface area contributed by atoms with E-state index < -0.39 is 0 Å². The van der Waals surface area contributed by atoms with Gasteiger partial charge in [0, 0.05) is 30.4 Å². The van der Waals surface area contributed by atoms with Crippen LogP contribution in [0, 0.1) is 13.8 Å². The SMILES string of the molecule is Cc1nc(C)c(CNCc2ccccc2-n2cccn2)s1. The third-order valence-electron chi connectivity index (χ3n) is 3.34. The molecule has 0 aliphatic heterocycles. The van der Waals surface area contributed by atoms with Crippen LogP contribution in [0.2, 0.25) is 0 Å². The molecule has 4 nitrogen and oxygen atoms in total. The van der Waals surface area contributed by atoms with Gasteiger partial charge in [0.25, 0.3) is 0 Å². The highest BCUT2D eigenvalue weighted by molar-refractivity contribution is 7.11. The maximum atomic E-state index is 4.46. The van der Waals surface area contributed by atoms with Crippen LogP contribution in [0.4, 0.5) is 0 Å². The van der Waals surface area contributed by atoms with Crippen molar-refractivity contribution in [3.8, 4) is 5.69 Å². The lowest BCUT2D eigenvalue weighted by Gasteiger charge is -2.10. The van der Waals surface area contributed by atoms with Gasteiger partial charge in [-0.05, 0) is 31.5 Å². The van der Waals surface area contributed by atoms with E-state index >= 15 is 0 Å². The van der Waals surface area contributed by atoms with Crippen LogP contribution in [0.1, 0.15) is 21.1 Å². The molecule has 5 heteroatoms. The quantitative estimate of drug-likeness (QED) is 0.786. The van der Waals surface area contributed by atoms with Crippen molar-refractivity contribution in [1.29, 1.82) is 0 Å². The van der Waals surface area contributed by atoms with Gasteiger partial charge < -0.3 is 5.32 Å². The molecule has 3 aromatic rings. The van der Waals surface area contributed by atoms with Gasteiger partial charge in [-0.2, -0.15) is 5.10 Å². The van der Waals surface area contributed by atoms with Gasteiger partial charge in [0.15, 0.2) is 0 Å². The molecule has 0 fully saturated rings. The molecule has 0 radical (unpaired) electrons. The van der Waals surface area contributed by atoms with E-state index in [0.717, 1.165) is 29.5 Å². The lowest BCUT2D eigenvalue weighted by atomic mass is 10.2. The van der Waals surface area contributed by atoms with Crippen molar-refractivity contribution in [3.05, 3.63) is 63.9 Å². The van der Waals surface area contributed by atoms with Crippen molar-refractivity contribution >= 4 is 11.3 Å². The zero-order valence-corrected chi connectivity index (χ0v) is 13.0. The fourth-order valence-electron chi connectivity index (χ4n) is 2.34. The molecular weight excluding hydrogens is 280 g/mol. The van der Waals surface area contributed by atoms with Gasteiger partial charge in [-0.25, -0.2) is 9.67 Å². The fraction of sp³-hybridized carbons (Fsp3) is 0.250. The second-order valence-electron chi connectivity index (χ2n) is 4.92. The number of nitrogens with one attached hydrogen (secondary N) is 1. The summed E-state index contributed by atoms with van der Waals surface area (Å²) in [7, 11) is 0. The highest BCUT2D eigenvalue weighted by atomic mass is 32.1. The smallest absolute Gasteiger partial charge is 0.0900 e. The molecule has 0 spiro atoms. The number of thiazole rings is 1. The van der Waals surface area contributed by atoms with Gasteiger partial charge in [-0.15, -0.1) is 11.3 Å². The summed E-state index contributed by atoms with van der Waals surface area (Å²) in [5.41, 5.74) is 3.48. The summed E-state index contributed by atoms with van der Waals surface area (Å²) in [4.78, 5) is 5.77. The van der Waals surface area contributed by atoms with Crippen molar-refractivity contribution in [3.63, 3.8) is 0 Å². The first-order chi connectivity index (χ1) is 10.2. The van der Waals surface area contributed by atoms with Gasteiger partial charge in [0.2, 0.25) is 0 Å². The highest BCUT2D eigenvalue weighted by Crippen LogP contribution is 2.17. The molecule has 0 bridgehead atoms. The van der Waals surface area contributed by atoms with Crippen molar-refractivity contribution in [2.45, 2.75) is 26.9 Å². The normalized spacial score (nSPS) is 11.0. The summed E-state index contributed by atoms with van der Waals surface area (Å²) in [6.45, 7) is 5.78. The Morgan fingerprint density at radius 1 is 1.14 bits per heavy atom. The summed E-state index contributed by atoms with van der Waals surface area (Å²) >= 11 is 1.76. The molecule has 0 saturated carbocycles. The Morgan fingerprint density at radius 2 is 2.00 bits per heavy atom. The molecule has 2 aromatic heterocycles. The van der Waals surface area contributed by atoms with Crippen LogP contribution in [0.25, 0.3) is 5.69 Å². The zero-order chi connectivity index (χ0) is 14.7. The van der Waals surface area contributed by atoms with Crippen LogP contribution in [-0.2, 0) is 13.1 Å². The highest BCUT2D eigenvalue weighted by Gasteiger charge is 2.06. The third-order valence-corrected chi connectivity index (χ3v) is 4.42. The first kappa shape index (κ1) is 14.0. The summed E-state index contributed by atoms with van der Waals surface area (Å²) in [5.74, 6) is 0. The van der Waals surface area contributed by atoms with Crippen LogP contribution < -0.4 is 5.32 Å². The van der Waals surface area contributed by atoms with E-state index in [0.29, 0.717) is 0 Å². The fourth-order valence-corrected chi connectivity index (χ4v) is 3.25.